The fourth-order valence-electron chi connectivity index (χ4n) is 3.01. The smallest absolute Gasteiger partial charge is 0.169 e. The van der Waals surface area contributed by atoms with Gasteiger partial charge in [0.1, 0.15) is 0 Å². The molecule has 1 saturated heterocycles. The first kappa shape index (κ1) is 18.1. The first-order valence-corrected chi connectivity index (χ1v) is 9.38. The molecule has 3 rings (SSSR count). The van der Waals surface area contributed by atoms with Crippen molar-refractivity contribution in [3.63, 3.8) is 0 Å². The Morgan fingerprint density at radius 3 is 2.80 bits per heavy atom. The second-order valence-electron chi connectivity index (χ2n) is 6.23. The number of nitrogens with one attached hydrogen (secondary N) is 1. The van der Waals surface area contributed by atoms with Crippen molar-refractivity contribution in [3.8, 4) is 0 Å². The molecule has 0 unspecified atom stereocenters. The average Bonchev–Trinajstić information content (AvgIpc) is 2.87. The Balaban J connectivity index is 1.49. The highest BCUT2D eigenvalue weighted by Gasteiger charge is 2.17. The lowest BCUT2D eigenvalue weighted by atomic mass is 10.2. The van der Waals surface area contributed by atoms with Crippen LogP contribution in [0.25, 0.3) is 0 Å². The van der Waals surface area contributed by atoms with E-state index < -0.39 is 0 Å². The molecule has 6 heteroatoms. The van der Waals surface area contributed by atoms with E-state index in [1.54, 1.807) is 0 Å². The van der Waals surface area contributed by atoms with Crippen LogP contribution in [0.4, 0.5) is 0 Å². The number of rotatable bonds is 4. The second kappa shape index (κ2) is 9.13. The van der Waals surface area contributed by atoms with Gasteiger partial charge < -0.3 is 10.2 Å². The van der Waals surface area contributed by atoms with Gasteiger partial charge in [-0.2, -0.15) is 0 Å². The summed E-state index contributed by atoms with van der Waals surface area (Å²) in [7, 11) is 0. The highest BCUT2D eigenvalue weighted by Crippen LogP contribution is 2.14. The third-order valence-corrected chi connectivity index (χ3v) is 5.16. The van der Waals surface area contributed by atoms with E-state index in [0.29, 0.717) is 6.54 Å². The van der Waals surface area contributed by atoms with Gasteiger partial charge in [0.2, 0.25) is 0 Å². The molecular formula is C19H23ClN4S. The van der Waals surface area contributed by atoms with Crippen LogP contribution in [0.3, 0.4) is 0 Å². The van der Waals surface area contributed by atoms with Crippen LogP contribution in [-0.2, 0) is 13.1 Å². The molecule has 1 N–H and O–H groups in total. The number of thiocarbonyl (C=S) groups is 1. The zero-order valence-electron chi connectivity index (χ0n) is 14.2. The Morgan fingerprint density at radius 1 is 1.12 bits per heavy atom. The molecule has 1 aliphatic rings. The zero-order chi connectivity index (χ0) is 17.5. The van der Waals surface area contributed by atoms with Gasteiger partial charge in [-0.15, -0.1) is 0 Å². The quantitative estimate of drug-likeness (QED) is 0.830. The molecule has 2 heterocycles. The number of pyridine rings is 1. The molecule has 0 saturated carbocycles. The Labute approximate surface area is 159 Å². The van der Waals surface area contributed by atoms with E-state index >= 15 is 0 Å². The summed E-state index contributed by atoms with van der Waals surface area (Å²) in [4.78, 5) is 8.92. The maximum atomic E-state index is 6.21. The van der Waals surface area contributed by atoms with Crippen molar-refractivity contribution < 1.29 is 0 Å². The molecule has 1 aliphatic heterocycles. The summed E-state index contributed by atoms with van der Waals surface area (Å²) in [6, 6.07) is 12.0. The molecular weight excluding hydrogens is 352 g/mol. The standard InChI is InChI=1S/C19H23ClN4S/c20-18-7-2-1-6-17(18)14-22-19(25)24-10-4-9-23(11-12-24)15-16-5-3-8-21-13-16/h1-3,5-8,13H,4,9-12,14-15H2,(H,22,25). The largest absolute Gasteiger partial charge is 0.358 e. The molecule has 25 heavy (non-hydrogen) atoms. The minimum atomic E-state index is 0.661. The fourth-order valence-corrected chi connectivity index (χ4v) is 3.46. The summed E-state index contributed by atoms with van der Waals surface area (Å²) in [5.74, 6) is 0. The number of halogens is 1. The molecule has 2 aromatic rings. The van der Waals surface area contributed by atoms with Crippen LogP contribution in [-0.4, -0.2) is 46.1 Å². The lowest BCUT2D eigenvalue weighted by Crippen LogP contribution is -2.41. The lowest BCUT2D eigenvalue weighted by Gasteiger charge is -2.25. The average molecular weight is 375 g/mol. The Hall–Kier alpha value is -1.69. The maximum Gasteiger partial charge on any atom is 0.169 e. The van der Waals surface area contributed by atoms with Crippen molar-refractivity contribution in [2.45, 2.75) is 19.5 Å². The van der Waals surface area contributed by atoms with Gasteiger partial charge in [-0.1, -0.05) is 35.9 Å². The van der Waals surface area contributed by atoms with Gasteiger partial charge >= 0.3 is 0 Å². The van der Waals surface area contributed by atoms with E-state index in [1.807, 2.05) is 42.7 Å². The molecule has 1 aromatic heterocycles. The third kappa shape index (κ3) is 5.39. The summed E-state index contributed by atoms with van der Waals surface area (Å²) in [5, 5.41) is 4.93. The molecule has 0 amide bonds. The molecule has 0 spiro atoms. The highest BCUT2D eigenvalue weighted by atomic mass is 35.5. The van der Waals surface area contributed by atoms with Gasteiger partial charge in [-0.25, -0.2) is 0 Å². The van der Waals surface area contributed by atoms with Gasteiger partial charge in [0.15, 0.2) is 5.11 Å². The van der Waals surface area contributed by atoms with Crippen molar-refractivity contribution in [1.29, 1.82) is 0 Å². The van der Waals surface area contributed by atoms with Gasteiger partial charge in [-0.3, -0.25) is 9.88 Å². The zero-order valence-corrected chi connectivity index (χ0v) is 15.8. The van der Waals surface area contributed by atoms with Crippen molar-refractivity contribution in [3.05, 3.63) is 64.9 Å². The maximum absolute atomic E-state index is 6.21. The second-order valence-corrected chi connectivity index (χ2v) is 7.02. The summed E-state index contributed by atoms with van der Waals surface area (Å²) >= 11 is 11.8. The third-order valence-electron chi connectivity index (χ3n) is 4.39. The number of hydrogen-bond donors (Lipinski definition) is 1. The summed E-state index contributed by atoms with van der Waals surface area (Å²) in [6.07, 6.45) is 4.86. The topological polar surface area (TPSA) is 31.4 Å². The lowest BCUT2D eigenvalue weighted by molar-refractivity contribution is 0.277. The number of nitrogens with zero attached hydrogens (tertiary/aromatic N) is 3. The van der Waals surface area contributed by atoms with Crippen molar-refractivity contribution in [2.24, 2.45) is 0 Å². The normalized spacial score (nSPS) is 15.6. The molecule has 1 aromatic carbocycles. The van der Waals surface area contributed by atoms with E-state index in [4.69, 9.17) is 23.8 Å². The van der Waals surface area contributed by atoms with Crippen molar-refractivity contribution >= 4 is 28.9 Å². The monoisotopic (exact) mass is 374 g/mol. The SMILES string of the molecule is S=C(NCc1ccccc1Cl)N1CCCN(Cc2cccnc2)CC1. The Kier molecular flexibility index (Phi) is 6.62. The van der Waals surface area contributed by atoms with E-state index in [0.717, 1.165) is 54.8 Å². The minimum Gasteiger partial charge on any atom is -0.358 e. The first-order valence-electron chi connectivity index (χ1n) is 8.60. The van der Waals surface area contributed by atoms with Crippen LogP contribution < -0.4 is 5.32 Å². The van der Waals surface area contributed by atoms with Crippen LogP contribution in [0, 0.1) is 0 Å². The number of benzene rings is 1. The first-order chi connectivity index (χ1) is 12.2. The predicted octanol–water partition coefficient (Wildman–Crippen LogP) is 3.32. The molecule has 1 fully saturated rings. The van der Waals surface area contributed by atoms with Crippen LogP contribution in [0.15, 0.2) is 48.8 Å². The molecule has 132 valence electrons. The Morgan fingerprint density at radius 2 is 2.00 bits per heavy atom. The van der Waals surface area contributed by atoms with E-state index in [-0.39, 0.29) is 0 Å². The van der Waals surface area contributed by atoms with Crippen LogP contribution in [0.5, 0.6) is 0 Å². The summed E-state index contributed by atoms with van der Waals surface area (Å²) in [5.41, 5.74) is 2.33. The van der Waals surface area contributed by atoms with Crippen molar-refractivity contribution in [1.82, 2.24) is 20.1 Å². The number of hydrogen-bond acceptors (Lipinski definition) is 3. The van der Waals surface area contributed by atoms with E-state index in [9.17, 15) is 0 Å². The highest BCUT2D eigenvalue weighted by molar-refractivity contribution is 7.80. The summed E-state index contributed by atoms with van der Waals surface area (Å²) < 4.78 is 0. The molecule has 0 bridgehead atoms. The summed E-state index contributed by atoms with van der Waals surface area (Å²) in [6.45, 7) is 5.61. The Bertz CT molecular complexity index is 695. The molecule has 0 aliphatic carbocycles. The van der Waals surface area contributed by atoms with E-state index in [1.165, 1.54) is 5.56 Å². The van der Waals surface area contributed by atoms with Gasteiger partial charge in [-0.05, 0) is 41.9 Å². The van der Waals surface area contributed by atoms with Crippen LogP contribution in [0.1, 0.15) is 17.5 Å². The molecule has 0 atom stereocenters. The number of aromatic nitrogens is 1. The predicted molar refractivity (Wildman–Crippen MR) is 107 cm³/mol. The molecule has 4 nitrogen and oxygen atoms in total. The van der Waals surface area contributed by atoms with Crippen LogP contribution in [0.2, 0.25) is 5.02 Å². The van der Waals surface area contributed by atoms with E-state index in [2.05, 4.69) is 26.2 Å². The fraction of sp³-hybridized carbons (Fsp3) is 0.368. The van der Waals surface area contributed by atoms with Gasteiger partial charge in [0.25, 0.3) is 0 Å². The van der Waals surface area contributed by atoms with Gasteiger partial charge in [0, 0.05) is 56.7 Å². The minimum absolute atomic E-state index is 0.661. The van der Waals surface area contributed by atoms with Crippen molar-refractivity contribution in [2.75, 3.05) is 26.2 Å². The molecule has 0 radical (unpaired) electrons. The van der Waals surface area contributed by atoms with Gasteiger partial charge in [0.05, 0.1) is 0 Å². The van der Waals surface area contributed by atoms with Crippen LogP contribution >= 0.6 is 23.8 Å².